The van der Waals surface area contributed by atoms with Crippen molar-refractivity contribution in [1.82, 2.24) is 0 Å². The minimum absolute atomic E-state index is 0. The smallest absolute Gasteiger partial charge is 0.236 e. The molecule has 0 fully saturated rings. The maximum atomic E-state index is 11.9. The Bertz CT molecular complexity index is 138. The molecule has 0 radical (unpaired) electrons. The van der Waals surface area contributed by atoms with Crippen molar-refractivity contribution in [3.05, 3.63) is 36.1 Å². The molecule has 0 aliphatic rings. The SMILES string of the molecule is Fc1[c-]cccc1.[Li+]. The number of hydrogen-bond acceptors (Lipinski definition) is 0. The van der Waals surface area contributed by atoms with E-state index in [1.807, 2.05) is 0 Å². The molecule has 1 aromatic rings. The van der Waals surface area contributed by atoms with E-state index in [-0.39, 0.29) is 24.7 Å². The molecular formula is C6H4FLi. The zero-order valence-corrected chi connectivity index (χ0v) is 4.69. The molecule has 8 heavy (non-hydrogen) atoms. The monoisotopic (exact) mass is 102 g/mol. The fraction of sp³-hybridized carbons (Fsp3) is 0. The van der Waals surface area contributed by atoms with Crippen LogP contribution in [0.3, 0.4) is 0 Å². The maximum Gasteiger partial charge on any atom is 1.00 e. The number of halogens is 1. The molecule has 1 rings (SSSR count). The molecule has 0 unspecified atom stereocenters. The Labute approximate surface area is 59.9 Å². The minimum Gasteiger partial charge on any atom is -0.236 e. The summed E-state index contributed by atoms with van der Waals surface area (Å²) in [5.41, 5.74) is 0. The van der Waals surface area contributed by atoms with Gasteiger partial charge in [0.25, 0.3) is 0 Å². The fourth-order valence-corrected chi connectivity index (χ4v) is 0.371. The van der Waals surface area contributed by atoms with Gasteiger partial charge in [-0.1, -0.05) is 0 Å². The van der Waals surface area contributed by atoms with Gasteiger partial charge in [-0.3, -0.25) is 0 Å². The van der Waals surface area contributed by atoms with Crippen molar-refractivity contribution in [2.75, 3.05) is 0 Å². The van der Waals surface area contributed by atoms with Crippen LogP contribution in [0.5, 0.6) is 0 Å². The normalized spacial score (nSPS) is 7.62. The first-order chi connectivity index (χ1) is 3.39. The van der Waals surface area contributed by atoms with Crippen LogP contribution in [0.15, 0.2) is 24.3 Å². The summed E-state index contributed by atoms with van der Waals surface area (Å²) < 4.78 is 11.9. The Balaban J connectivity index is 0.000000490. The van der Waals surface area contributed by atoms with Crippen LogP contribution in [0.2, 0.25) is 0 Å². The first-order valence-corrected chi connectivity index (χ1v) is 2.02. The summed E-state index contributed by atoms with van der Waals surface area (Å²) in [6, 6.07) is 8.62. The molecule has 0 aliphatic heterocycles. The van der Waals surface area contributed by atoms with Crippen LogP contribution >= 0.6 is 0 Å². The van der Waals surface area contributed by atoms with E-state index in [1.54, 1.807) is 12.1 Å². The summed E-state index contributed by atoms with van der Waals surface area (Å²) in [5, 5.41) is 0. The van der Waals surface area contributed by atoms with Crippen LogP contribution in [0, 0.1) is 11.9 Å². The summed E-state index contributed by atoms with van der Waals surface area (Å²) in [4.78, 5) is 0. The van der Waals surface area contributed by atoms with Crippen LogP contribution in [0.4, 0.5) is 4.39 Å². The van der Waals surface area contributed by atoms with Crippen LogP contribution in [0.1, 0.15) is 0 Å². The van der Waals surface area contributed by atoms with Gasteiger partial charge in [-0.25, -0.2) is 4.39 Å². The molecule has 36 valence electrons. The minimum atomic E-state index is -0.303. The van der Waals surface area contributed by atoms with Gasteiger partial charge in [0.15, 0.2) is 0 Å². The molecule has 0 bridgehead atoms. The Hall–Kier alpha value is -0.253. The van der Waals surface area contributed by atoms with Gasteiger partial charge in [0.1, 0.15) is 0 Å². The first-order valence-electron chi connectivity index (χ1n) is 2.02. The summed E-state index contributed by atoms with van der Waals surface area (Å²) >= 11 is 0. The standard InChI is InChI=1S/C6H4F.Li/c7-6-4-2-1-3-5-6;/h1-4H;/q-1;+1. The zero-order valence-electron chi connectivity index (χ0n) is 4.69. The fourth-order valence-electron chi connectivity index (χ4n) is 0.371. The second-order valence-corrected chi connectivity index (χ2v) is 1.21. The predicted octanol–water partition coefficient (Wildman–Crippen LogP) is -1.37. The molecule has 1 aromatic carbocycles. The van der Waals surface area contributed by atoms with E-state index in [2.05, 4.69) is 6.07 Å². The maximum absolute atomic E-state index is 11.9. The average molecular weight is 102 g/mol. The third kappa shape index (κ3) is 2.16. The Morgan fingerprint density at radius 3 is 2.38 bits per heavy atom. The molecule has 0 atom stereocenters. The van der Waals surface area contributed by atoms with Crippen LogP contribution < -0.4 is 18.9 Å². The van der Waals surface area contributed by atoms with Gasteiger partial charge in [0.2, 0.25) is 0 Å². The van der Waals surface area contributed by atoms with Crippen molar-refractivity contribution in [2.24, 2.45) is 0 Å². The molecule has 0 amide bonds. The molecular weight excluding hydrogens is 98.0 g/mol. The number of benzene rings is 1. The topological polar surface area (TPSA) is 0 Å². The van der Waals surface area contributed by atoms with Gasteiger partial charge in [-0.2, -0.15) is 18.2 Å². The van der Waals surface area contributed by atoms with E-state index < -0.39 is 0 Å². The third-order valence-corrected chi connectivity index (χ3v) is 0.671. The Morgan fingerprint density at radius 2 is 2.12 bits per heavy atom. The zero-order chi connectivity index (χ0) is 5.11. The second kappa shape index (κ2) is 3.71. The van der Waals surface area contributed by atoms with Crippen LogP contribution in [0.25, 0.3) is 0 Å². The first kappa shape index (κ1) is 7.75. The van der Waals surface area contributed by atoms with Crippen molar-refractivity contribution in [3.63, 3.8) is 0 Å². The molecule has 2 heteroatoms. The van der Waals surface area contributed by atoms with Crippen molar-refractivity contribution in [1.29, 1.82) is 0 Å². The van der Waals surface area contributed by atoms with Gasteiger partial charge in [-0.05, 0) is 0 Å². The summed E-state index contributed by atoms with van der Waals surface area (Å²) in [5.74, 6) is -0.303. The second-order valence-electron chi connectivity index (χ2n) is 1.21. The summed E-state index contributed by atoms with van der Waals surface area (Å²) in [7, 11) is 0. The van der Waals surface area contributed by atoms with E-state index in [0.717, 1.165) is 0 Å². The molecule has 0 spiro atoms. The number of rotatable bonds is 0. The van der Waals surface area contributed by atoms with Gasteiger partial charge in [-0.15, -0.1) is 12.1 Å². The Morgan fingerprint density at radius 1 is 1.38 bits per heavy atom. The average Bonchev–Trinajstić information content (AvgIpc) is 1.69. The third-order valence-electron chi connectivity index (χ3n) is 0.671. The van der Waals surface area contributed by atoms with E-state index in [9.17, 15) is 4.39 Å². The predicted molar refractivity (Wildman–Crippen MR) is 25.2 cm³/mol. The van der Waals surface area contributed by atoms with Crippen LogP contribution in [-0.2, 0) is 0 Å². The molecule has 0 aromatic heterocycles. The van der Waals surface area contributed by atoms with Crippen molar-refractivity contribution in [2.45, 2.75) is 0 Å². The van der Waals surface area contributed by atoms with Gasteiger partial charge >= 0.3 is 18.9 Å². The Kier molecular flexibility index (Phi) is 3.60. The van der Waals surface area contributed by atoms with E-state index >= 15 is 0 Å². The van der Waals surface area contributed by atoms with Crippen molar-refractivity contribution < 1.29 is 23.3 Å². The van der Waals surface area contributed by atoms with Crippen LogP contribution in [-0.4, -0.2) is 0 Å². The van der Waals surface area contributed by atoms with Crippen molar-refractivity contribution in [3.8, 4) is 0 Å². The quantitative estimate of drug-likeness (QED) is 0.280. The molecule has 0 N–H and O–H groups in total. The summed E-state index contributed by atoms with van der Waals surface area (Å²) in [6.45, 7) is 0. The van der Waals surface area contributed by atoms with E-state index in [1.165, 1.54) is 12.1 Å². The van der Waals surface area contributed by atoms with Gasteiger partial charge in [0.05, 0.1) is 0 Å². The summed E-state index contributed by atoms with van der Waals surface area (Å²) in [6.07, 6.45) is 0. The molecule has 0 aliphatic carbocycles. The van der Waals surface area contributed by atoms with Gasteiger partial charge in [0, 0.05) is 5.82 Å². The molecule has 0 nitrogen and oxygen atoms in total. The largest absolute Gasteiger partial charge is 1.00 e. The molecule has 0 heterocycles. The molecule has 0 saturated heterocycles. The number of hydrogen-bond donors (Lipinski definition) is 0. The van der Waals surface area contributed by atoms with E-state index in [0.29, 0.717) is 0 Å². The molecule has 0 saturated carbocycles. The van der Waals surface area contributed by atoms with E-state index in [4.69, 9.17) is 0 Å². The van der Waals surface area contributed by atoms with Gasteiger partial charge < -0.3 is 0 Å². The van der Waals surface area contributed by atoms with Crippen molar-refractivity contribution >= 4 is 0 Å².